The Labute approximate surface area is 424 Å². The van der Waals surface area contributed by atoms with Crippen molar-refractivity contribution >= 4 is 11.9 Å². The Morgan fingerprint density at radius 2 is 0.735 bits per heavy atom. The third-order valence-corrected chi connectivity index (χ3v) is 13.9. The topological polar surface area (TPSA) is 95.9 Å². The standard InChI is InChI=1S/C62H117NO5/c1-3-5-7-9-11-13-15-17-18-19-25-28-32-36-40-44-48-52-56-62(67)68-57-53-49-45-41-37-33-29-26-23-21-20-22-24-27-31-35-39-43-47-51-55-61(66)63-59(58-64)60(65)54-50-46-42-38-34-30-16-14-12-10-8-6-4-2/h13,15,18-19,50,54,59-60,64-65H,3-12,14,16-17,20-49,51-53,55-58H2,1-2H3,(H,63,66)/b15-13-,19-18-,54-50+. The van der Waals surface area contributed by atoms with Gasteiger partial charge in [-0.2, -0.15) is 0 Å². The number of allylic oxidation sites excluding steroid dienone is 5. The van der Waals surface area contributed by atoms with E-state index in [0.717, 1.165) is 51.4 Å². The zero-order chi connectivity index (χ0) is 49.3. The SMILES string of the molecule is CCCCCC/C=C\C/C=C\CCCCCCCCCC(=O)OCCCCCCCCCCCCCCCCCCCCCCC(=O)NC(CO)C(O)/C=C/CCCCCCCCCCCCC. The molecule has 0 radical (unpaired) electrons. The van der Waals surface area contributed by atoms with Crippen molar-refractivity contribution < 1.29 is 24.5 Å². The van der Waals surface area contributed by atoms with Gasteiger partial charge in [0.25, 0.3) is 0 Å². The molecule has 3 N–H and O–H groups in total. The van der Waals surface area contributed by atoms with Gasteiger partial charge in [0.15, 0.2) is 0 Å². The summed E-state index contributed by atoms with van der Waals surface area (Å²) in [7, 11) is 0. The van der Waals surface area contributed by atoms with Gasteiger partial charge < -0.3 is 20.3 Å². The van der Waals surface area contributed by atoms with Crippen LogP contribution < -0.4 is 5.32 Å². The first-order chi connectivity index (χ1) is 33.5. The quantitative estimate of drug-likeness (QED) is 0.0321. The number of carbonyl (C=O) groups is 2. The van der Waals surface area contributed by atoms with Gasteiger partial charge in [-0.1, -0.05) is 281 Å². The third-order valence-electron chi connectivity index (χ3n) is 13.9. The highest BCUT2D eigenvalue weighted by molar-refractivity contribution is 5.76. The Kier molecular flexibility index (Phi) is 56.0. The Bertz CT molecular complexity index is 1100. The molecular weight excluding hydrogens is 839 g/mol. The smallest absolute Gasteiger partial charge is 0.305 e. The largest absolute Gasteiger partial charge is 0.466 e. The van der Waals surface area contributed by atoms with Crippen LogP contribution in [0.3, 0.4) is 0 Å². The van der Waals surface area contributed by atoms with Crippen molar-refractivity contribution in [1.82, 2.24) is 5.32 Å². The zero-order valence-electron chi connectivity index (χ0n) is 45.6. The lowest BCUT2D eigenvalue weighted by molar-refractivity contribution is -0.143. The van der Waals surface area contributed by atoms with Crippen LogP contribution in [0.5, 0.6) is 0 Å². The summed E-state index contributed by atoms with van der Waals surface area (Å²) in [6, 6.07) is -0.629. The number of aliphatic hydroxyl groups is 2. The number of amides is 1. The molecule has 0 heterocycles. The average Bonchev–Trinajstić information content (AvgIpc) is 3.34. The van der Waals surface area contributed by atoms with Crippen molar-refractivity contribution in [2.75, 3.05) is 13.2 Å². The minimum Gasteiger partial charge on any atom is -0.466 e. The minimum absolute atomic E-state index is 0.00251. The second-order valence-electron chi connectivity index (χ2n) is 20.7. The molecule has 68 heavy (non-hydrogen) atoms. The molecule has 0 aliphatic heterocycles. The van der Waals surface area contributed by atoms with Gasteiger partial charge in [0.1, 0.15) is 0 Å². The van der Waals surface area contributed by atoms with E-state index < -0.39 is 12.1 Å². The van der Waals surface area contributed by atoms with Gasteiger partial charge in [0, 0.05) is 12.8 Å². The van der Waals surface area contributed by atoms with Crippen molar-refractivity contribution in [3.05, 3.63) is 36.5 Å². The van der Waals surface area contributed by atoms with E-state index in [4.69, 9.17) is 4.74 Å². The molecule has 0 aromatic carbocycles. The Balaban J connectivity index is 3.40. The van der Waals surface area contributed by atoms with Gasteiger partial charge in [-0.05, 0) is 64.2 Å². The van der Waals surface area contributed by atoms with Crippen LogP contribution in [0.4, 0.5) is 0 Å². The molecule has 0 spiro atoms. The fraction of sp³-hybridized carbons (Fsp3) is 0.871. The molecule has 400 valence electrons. The summed E-state index contributed by atoms with van der Waals surface area (Å²) in [6.45, 7) is 4.88. The number of hydrogen-bond acceptors (Lipinski definition) is 5. The van der Waals surface area contributed by atoms with Crippen molar-refractivity contribution in [3.8, 4) is 0 Å². The highest BCUT2D eigenvalue weighted by Gasteiger charge is 2.18. The van der Waals surface area contributed by atoms with Gasteiger partial charge >= 0.3 is 5.97 Å². The maximum absolute atomic E-state index is 12.4. The van der Waals surface area contributed by atoms with E-state index in [1.807, 2.05) is 6.08 Å². The van der Waals surface area contributed by atoms with Crippen LogP contribution in [-0.2, 0) is 14.3 Å². The fourth-order valence-electron chi connectivity index (χ4n) is 9.25. The fourth-order valence-corrected chi connectivity index (χ4v) is 9.25. The molecule has 0 rings (SSSR count). The van der Waals surface area contributed by atoms with E-state index in [0.29, 0.717) is 19.4 Å². The van der Waals surface area contributed by atoms with E-state index in [1.54, 1.807) is 6.08 Å². The van der Waals surface area contributed by atoms with Gasteiger partial charge in [-0.3, -0.25) is 9.59 Å². The number of hydrogen-bond donors (Lipinski definition) is 3. The van der Waals surface area contributed by atoms with Crippen molar-refractivity contribution in [2.24, 2.45) is 0 Å². The van der Waals surface area contributed by atoms with Gasteiger partial charge in [-0.25, -0.2) is 0 Å². The predicted octanol–water partition coefficient (Wildman–Crippen LogP) is 18.8. The molecule has 0 saturated heterocycles. The third kappa shape index (κ3) is 53.4. The van der Waals surface area contributed by atoms with Crippen molar-refractivity contribution in [3.63, 3.8) is 0 Å². The summed E-state index contributed by atoms with van der Waals surface area (Å²) in [5.74, 6) is -0.0673. The highest BCUT2D eigenvalue weighted by Crippen LogP contribution is 2.17. The zero-order valence-corrected chi connectivity index (χ0v) is 45.6. The first kappa shape index (κ1) is 66.1. The van der Waals surface area contributed by atoms with Crippen LogP contribution in [0.25, 0.3) is 0 Å². The summed E-state index contributed by atoms with van der Waals surface area (Å²) >= 11 is 0. The van der Waals surface area contributed by atoms with Crippen LogP contribution in [0.2, 0.25) is 0 Å². The minimum atomic E-state index is -0.845. The lowest BCUT2D eigenvalue weighted by Gasteiger charge is -2.20. The van der Waals surface area contributed by atoms with E-state index in [-0.39, 0.29) is 18.5 Å². The normalized spacial score (nSPS) is 12.8. The summed E-state index contributed by atoms with van der Waals surface area (Å²) in [6.07, 6.45) is 71.7. The highest BCUT2D eigenvalue weighted by atomic mass is 16.5. The monoisotopic (exact) mass is 956 g/mol. The molecule has 2 atom stereocenters. The number of ether oxygens (including phenoxy) is 1. The first-order valence-electron chi connectivity index (χ1n) is 30.3. The summed E-state index contributed by atoms with van der Waals surface area (Å²) < 4.78 is 5.49. The van der Waals surface area contributed by atoms with E-state index in [1.165, 1.54) is 244 Å². The Hall–Kier alpha value is -1.92. The molecule has 0 aliphatic rings. The predicted molar refractivity (Wildman–Crippen MR) is 296 cm³/mol. The van der Waals surface area contributed by atoms with Gasteiger partial charge in [0.2, 0.25) is 5.91 Å². The molecule has 0 fully saturated rings. The van der Waals surface area contributed by atoms with Gasteiger partial charge in [0.05, 0.1) is 25.4 Å². The van der Waals surface area contributed by atoms with E-state index in [9.17, 15) is 19.8 Å². The molecule has 0 saturated carbocycles. The summed E-state index contributed by atoms with van der Waals surface area (Å²) in [5, 5.41) is 23.1. The number of unbranched alkanes of at least 4 members (excludes halogenated alkanes) is 41. The molecule has 1 amide bonds. The second-order valence-corrected chi connectivity index (χ2v) is 20.7. The number of esters is 1. The number of rotatable bonds is 56. The van der Waals surface area contributed by atoms with Crippen LogP contribution >= 0.6 is 0 Å². The molecule has 6 heteroatoms. The molecule has 0 bridgehead atoms. The van der Waals surface area contributed by atoms with E-state index >= 15 is 0 Å². The van der Waals surface area contributed by atoms with Crippen LogP contribution in [0.1, 0.15) is 322 Å². The van der Waals surface area contributed by atoms with Crippen LogP contribution in [-0.4, -0.2) is 47.4 Å². The molecule has 2 unspecified atom stereocenters. The average molecular weight is 957 g/mol. The summed E-state index contributed by atoms with van der Waals surface area (Å²) in [4.78, 5) is 24.5. The van der Waals surface area contributed by atoms with Crippen molar-refractivity contribution in [1.29, 1.82) is 0 Å². The van der Waals surface area contributed by atoms with Crippen molar-refractivity contribution in [2.45, 2.75) is 334 Å². The Morgan fingerprint density at radius 3 is 1.13 bits per heavy atom. The summed E-state index contributed by atoms with van der Waals surface area (Å²) in [5.41, 5.74) is 0. The number of aliphatic hydroxyl groups excluding tert-OH is 2. The molecule has 0 aromatic rings. The molecule has 0 aliphatic carbocycles. The molecule has 0 aromatic heterocycles. The Morgan fingerprint density at radius 1 is 0.412 bits per heavy atom. The molecule has 6 nitrogen and oxygen atoms in total. The van der Waals surface area contributed by atoms with E-state index in [2.05, 4.69) is 43.5 Å². The second kappa shape index (κ2) is 57.7. The number of carbonyl (C=O) groups excluding carboxylic acids is 2. The lowest BCUT2D eigenvalue weighted by atomic mass is 10.0. The van der Waals surface area contributed by atoms with Crippen LogP contribution in [0, 0.1) is 0 Å². The van der Waals surface area contributed by atoms with Gasteiger partial charge in [-0.15, -0.1) is 0 Å². The maximum atomic E-state index is 12.4. The number of nitrogens with one attached hydrogen (secondary N) is 1. The molecular formula is C62H117NO5. The first-order valence-corrected chi connectivity index (χ1v) is 30.3. The maximum Gasteiger partial charge on any atom is 0.305 e. The van der Waals surface area contributed by atoms with Crippen LogP contribution in [0.15, 0.2) is 36.5 Å². The lowest BCUT2D eigenvalue weighted by Crippen LogP contribution is -2.45.